The van der Waals surface area contributed by atoms with E-state index in [-0.39, 0.29) is 10.9 Å². The first kappa shape index (κ1) is 18.3. The van der Waals surface area contributed by atoms with Crippen LogP contribution in [0.2, 0.25) is 0 Å². The van der Waals surface area contributed by atoms with Crippen LogP contribution in [0.15, 0.2) is 40.6 Å². The smallest absolute Gasteiger partial charge is 0.242 e. The van der Waals surface area contributed by atoms with Crippen molar-refractivity contribution in [1.82, 2.24) is 9.21 Å². The maximum atomic E-state index is 12.3. The molecular weight excluding hydrogens is 374 g/mol. The monoisotopic (exact) mass is 395 g/mol. The maximum absolute atomic E-state index is 12.3. The van der Waals surface area contributed by atoms with Crippen molar-refractivity contribution in [3.05, 3.63) is 46.2 Å². The minimum absolute atomic E-state index is 0.212. The third kappa shape index (κ3) is 3.57. The summed E-state index contributed by atoms with van der Waals surface area (Å²) in [6, 6.07) is 9.12. The molecule has 1 atom stereocenters. The number of nitrogens with zero attached hydrogens (tertiary/aromatic N) is 2. The predicted molar refractivity (Wildman–Crippen MR) is 107 cm³/mol. The second kappa shape index (κ2) is 7.03. The van der Waals surface area contributed by atoms with Gasteiger partial charge in [0.1, 0.15) is 0 Å². The zero-order valence-electron chi connectivity index (χ0n) is 14.4. The number of fused-ring (bicyclic) bond motifs is 1. The molecule has 0 amide bonds. The number of benzene rings is 1. The number of thiophene rings is 1. The van der Waals surface area contributed by atoms with Crippen LogP contribution in [-0.4, -0.2) is 43.4 Å². The summed E-state index contributed by atoms with van der Waals surface area (Å²) in [4.78, 5) is 3.82. The van der Waals surface area contributed by atoms with E-state index < -0.39 is 10.0 Å². The molecule has 0 fully saturated rings. The molecule has 1 N–H and O–H groups in total. The molecule has 0 saturated carbocycles. The number of rotatable bonds is 3. The molecule has 2 aromatic rings. The van der Waals surface area contributed by atoms with Crippen molar-refractivity contribution >= 4 is 44.4 Å². The largest absolute Gasteiger partial charge is 0.342 e. The topological polar surface area (TPSA) is 52.7 Å². The van der Waals surface area contributed by atoms with Gasteiger partial charge in [-0.25, -0.2) is 12.7 Å². The summed E-state index contributed by atoms with van der Waals surface area (Å²) in [6.45, 7) is 3.00. The Morgan fingerprint density at radius 3 is 2.84 bits per heavy atom. The number of thiocarbonyl (C=S) groups is 1. The Labute approximate surface area is 158 Å². The van der Waals surface area contributed by atoms with Gasteiger partial charge in [0.25, 0.3) is 0 Å². The minimum atomic E-state index is -3.47. The highest BCUT2D eigenvalue weighted by molar-refractivity contribution is 7.89. The number of nitrogens with one attached hydrogen (secondary N) is 1. The molecule has 0 saturated heterocycles. The highest BCUT2D eigenvalue weighted by Crippen LogP contribution is 2.33. The summed E-state index contributed by atoms with van der Waals surface area (Å²) in [6.07, 6.45) is 0.980. The molecule has 3 rings (SSSR count). The molecule has 8 heteroatoms. The lowest BCUT2D eigenvalue weighted by Crippen LogP contribution is -2.40. The molecular formula is C17H21N3O2S3. The van der Waals surface area contributed by atoms with Gasteiger partial charge in [-0.3, -0.25) is 0 Å². The zero-order valence-corrected chi connectivity index (χ0v) is 16.8. The van der Waals surface area contributed by atoms with Crippen LogP contribution in [0, 0.1) is 0 Å². The molecule has 0 bridgehead atoms. The van der Waals surface area contributed by atoms with E-state index in [0.717, 1.165) is 13.0 Å². The quantitative estimate of drug-likeness (QED) is 0.808. The van der Waals surface area contributed by atoms with Crippen molar-refractivity contribution in [2.24, 2.45) is 0 Å². The lowest BCUT2D eigenvalue weighted by atomic mass is 10.0. The van der Waals surface area contributed by atoms with Crippen LogP contribution in [0.25, 0.3) is 0 Å². The number of hydrogen-bond donors (Lipinski definition) is 1. The van der Waals surface area contributed by atoms with Gasteiger partial charge < -0.3 is 10.2 Å². The molecule has 0 aliphatic carbocycles. The van der Waals surface area contributed by atoms with Crippen LogP contribution < -0.4 is 5.32 Å². The molecule has 134 valence electrons. The first-order chi connectivity index (χ1) is 11.8. The van der Waals surface area contributed by atoms with Gasteiger partial charge >= 0.3 is 0 Å². The second-order valence-electron chi connectivity index (χ2n) is 6.16. The summed E-state index contributed by atoms with van der Waals surface area (Å²) >= 11 is 7.38. The van der Waals surface area contributed by atoms with E-state index in [9.17, 15) is 8.42 Å². The summed E-state index contributed by atoms with van der Waals surface area (Å²) in [5.41, 5.74) is 2.00. The number of hydrogen-bond acceptors (Lipinski definition) is 4. The summed E-state index contributed by atoms with van der Waals surface area (Å²) in [5.74, 6) is 0. The van der Waals surface area contributed by atoms with E-state index >= 15 is 0 Å². The Morgan fingerprint density at radius 1 is 1.36 bits per heavy atom. The van der Waals surface area contributed by atoms with Crippen molar-refractivity contribution in [2.45, 2.75) is 24.3 Å². The Kier molecular flexibility index (Phi) is 5.15. The molecule has 1 aromatic heterocycles. The first-order valence-electron chi connectivity index (χ1n) is 7.97. The van der Waals surface area contributed by atoms with Gasteiger partial charge in [-0.2, -0.15) is 0 Å². The molecule has 0 radical (unpaired) electrons. The minimum Gasteiger partial charge on any atom is -0.342 e. The fourth-order valence-electron chi connectivity index (χ4n) is 2.93. The van der Waals surface area contributed by atoms with Gasteiger partial charge in [-0.05, 0) is 60.8 Å². The van der Waals surface area contributed by atoms with Crippen molar-refractivity contribution < 1.29 is 8.42 Å². The SMILES string of the molecule is C[C@@H]1c2ccsc2CCN1C(=S)Nc1cccc(S(=O)(=O)N(C)C)c1. The fourth-order valence-corrected chi connectivity index (χ4v) is 5.21. The number of sulfonamides is 1. The van der Waals surface area contributed by atoms with Gasteiger partial charge in [0.05, 0.1) is 10.9 Å². The molecule has 2 heterocycles. The summed E-state index contributed by atoms with van der Waals surface area (Å²) in [7, 11) is -0.422. The lowest BCUT2D eigenvalue weighted by molar-refractivity contribution is 0.326. The third-order valence-corrected chi connectivity index (χ3v) is 7.55. The molecule has 5 nitrogen and oxygen atoms in total. The van der Waals surface area contributed by atoms with E-state index in [0.29, 0.717) is 10.8 Å². The van der Waals surface area contributed by atoms with Crippen molar-refractivity contribution in [1.29, 1.82) is 0 Å². The van der Waals surface area contributed by atoms with Crippen molar-refractivity contribution in [2.75, 3.05) is 26.0 Å². The van der Waals surface area contributed by atoms with E-state index in [4.69, 9.17) is 12.2 Å². The van der Waals surface area contributed by atoms with Crippen LogP contribution in [0.4, 0.5) is 5.69 Å². The Hall–Kier alpha value is -1.48. The molecule has 0 unspecified atom stereocenters. The van der Waals surface area contributed by atoms with Crippen LogP contribution >= 0.6 is 23.6 Å². The molecule has 1 aromatic carbocycles. The fraction of sp³-hybridized carbons (Fsp3) is 0.353. The van der Waals surface area contributed by atoms with Gasteiger partial charge in [-0.1, -0.05) is 6.07 Å². The summed E-state index contributed by atoms with van der Waals surface area (Å²) in [5, 5.41) is 5.93. The van der Waals surface area contributed by atoms with Crippen molar-refractivity contribution in [3.8, 4) is 0 Å². The lowest BCUT2D eigenvalue weighted by Gasteiger charge is -2.35. The predicted octanol–water partition coefficient (Wildman–Crippen LogP) is 3.31. The Bertz CT molecular complexity index is 890. The van der Waals surface area contributed by atoms with Gasteiger partial charge in [-0.15, -0.1) is 11.3 Å². The molecule has 0 spiro atoms. The maximum Gasteiger partial charge on any atom is 0.242 e. The highest BCUT2D eigenvalue weighted by Gasteiger charge is 2.26. The van der Waals surface area contributed by atoms with Gasteiger partial charge in [0.15, 0.2) is 5.11 Å². The highest BCUT2D eigenvalue weighted by atomic mass is 32.2. The average molecular weight is 396 g/mol. The number of anilines is 1. The molecule has 1 aliphatic heterocycles. The van der Waals surface area contributed by atoms with E-state index in [1.54, 1.807) is 29.5 Å². The van der Waals surface area contributed by atoms with E-state index in [1.807, 2.05) is 6.07 Å². The third-order valence-electron chi connectivity index (χ3n) is 4.40. The normalized spacial score (nSPS) is 17.4. The average Bonchev–Trinajstić information content (AvgIpc) is 3.04. The molecule has 1 aliphatic rings. The van der Waals surface area contributed by atoms with Crippen LogP contribution in [0.5, 0.6) is 0 Å². The molecule has 25 heavy (non-hydrogen) atoms. The van der Waals surface area contributed by atoms with E-state index in [2.05, 4.69) is 28.6 Å². The van der Waals surface area contributed by atoms with E-state index in [1.165, 1.54) is 28.8 Å². The van der Waals surface area contributed by atoms with Crippen LogP contribution in [0.1, 0.15) is 23.4 Å². The standard InChI is InChI=1S/C17H21N3O2S3/c1-12-15-8-10-24-16(15)7-9-20(12)17(23)18-13-5-4-6-14(11-13)25(21,22)19(2)3/h4-6,8,10-12H,7,9H2,1-3H3,(H,18,23)/t12-/m1/s1. The van der Waals surface area contributed by atoms with Crippen LogP contribution in [-0.2, 0) is 16.4 Å². The van der Waals surface area contributed by atoms with Crippen LogP contribution in [0.3, 0.4) is 0 Å². The van der Waals surface area contributed by atoms with Crippen molar-refractivity contribution in [3.63, 3.8) is 0 Å². The zero-order chi connectivity index (χ0) is 18.2. The Balaban J connectivity index is 1.78. The Morgan fingerprint density at radius 2 is 2.12 bits per heavy atom. The first-order valence-corrected chi connectivity index (χ1v) is 10.7. The van der Waals surface area contributed by atoms with Gasteiger partial charge in [0, 0.05) is 31.2 Å². The van der Waals surface area contributed by atoms with Gasteiger partial charge in [0.2, 0.25) is 10.0 Å². The second-order valence-corrected chi connectivity index (χ2v) is 9.70. The summed E-state index contributed by atoms with van der Waals surface area (Å²) < 4.78 is 25.8.